The zero-order valence-corrected chi connectivity index (χ0v) is 8.23. The Labute approximate surface area is 82.3 Å². The van der Waals surface area contributed by atoms with Gasteiger partial charge in [-0.05, 0) is 13.0 Å². The number of carbonyl (C=O) groups excluding carboxylic acids is 1. The molecule has 0 bridgehead atoms. The Kier molecular flexibility index (Phi) is 3.45. The molecule has 0 unspecified atom stereocenters. The summed E-state index contributed by atoms with van der Waals surface area (Å²) >= 11 is 0. The van der Waals surface area contributed by atoms with Crippen molar-refractivity contribution in [1.82, 2.24) is 10.6 Å². The lowest BCUT2D eigenvalue weighted by Gasteiger charge is -2.06. The molecule has 76 valence electrons. The second-order valence-electron chi connectivity index (χ2n) is 3.03. The third kappa shape index (κ3) is 2.73. The number of urea groups is 1. The minimum atomic E-state index is -0.314. The Morgan fingerprint density at radius 1 is 1.50 bits per heavy atom. The molecule has 0 spiro atoms. The lowest BCUT2D eigenvalue weighted by Crippen LogP contribution is -2.32. The molecule has 0 saturated heterocycles. The van der Waals surface area contributed by atoms with Crippen LogP contribution in [0.5, 0.6) is 0 Å². The minimum absolute atomic E-state index is 0.202. The first-order valence-corrected chi connectivity index (χ1v) is 4.34. The van der Waals surface area contributed by atoms with Crippen LogP contribution in [0.1, 0.15) is 11.1 Å². The first-order valence-electron chi connectivity index (χ1n) is 4.34. The number of hydrogen-bond donors (Lipinski definition) is 2. The quantitative estimate of drug-likeness (QED) is 0.740. The molecule has 1 aromatic rings. The molecule has 2 amide bonds. The Balaban J connectivity index is 2.66. The molecule has 0 aliphatic rings. The average molecular weight is 196 g/mol. The van der Waals surface area contributed by atoms with E-state index in [1.807, 2.05) is 6.92 Å². The summed E-state index contributed by atoms with van der Waals surface area (Å²) < 4.78 is 13.2. The van der Waals surface area contributed by atoms with E-state index < -0.39 is 0 Å². The van der Waals surface area contributed by atoms with E-state index in [1.54, 1.807) is 12.1 Å². The molecule has 3 nitrogen and oxygen atoms in total. The molecule has 4 heteroatoms. The molecule has 1 aromatic carbocycles. The Bertz CT molecular complexity index is 339. The van der Waals surface area contributed by atoms with Gasteiger partial charge >= 0.3 is 6.03 Å². The van der Waals surface area contributed by atoms with Gasteiger partial charge in [0.2, 0.25) is 0 Å². The van der Waals surface area contributed by atoms with Gasteiger partial charge in [0.1, 0.15) is 5.82 Å². The topological polar surface area (TPSA) is 41.1 Å². The van der Waals surface area contributed by atoms with Crippen LogP contribution >= 0.6 is 0 Å². The highest BCUT2D eigenvalue weighted by molar-refractivity contribution is 5.73. The summed E-state index contributed by atoms with van der Waals surface area (Å²) in [5, 5.41) is 4.92. The van der Waals surface area contributed by atoms with E-state index in [-0.39, 0.29) is 18.4 Å². The predicted octanol–water partition coefficient (Wildman–Crippen LogP) is 1.56. The summed E-state index contributed by atoms with van der Waals surface area (Å²) in [6.45, 7) is 2.08. The SMILES string of the molecule is CNC(=O)NCc1cc(C)ccc1F. The zero-order chi connectivity index (χ0) is 10.6. The van der Waals surface area contributed by atoms with E-state index in [0.717, 1.165) is 5.56 Å². The van der Waals surface area contributed by atoms with Gasteiger partial charge in [0.25, 0.3) is 0 Å². The Morgan fingerprint density at radius 2 is 2.21 bits per heavy atom. The third-order valence-corrected chi connectivity index (χ3v) is 1.87. The summed E-state index contributed by atoms with van der Waals surface area (Å²) in [5.41, 5.74) is 1.47. The Morgan fingerprint density at radius 3 is 2.86 bits per heavy atom. The molecule has 0 aromatic heterocycles. The van der Waals surface area contributed by atoms with Gasteiger partial charge in [-0.2, -0.15) is 0 Å². The van der Waals surface area contributed by atoms with Crippen LogP contribution in [-0.2, 0) is 6.54 Å². The first-order chi connectivity index (χ1) is 6.63. The van der Waals surface area contributed by atoms with Crippen LogP contribution in [0.15, 0.2) is 18.2 Å². The van der Waals surface area contributed by atoms with Crippen molar-refractivity contribution >= 4 is 6.03 Å². The molecule has 0 fully saturated rings. The monoisotopic (exact) mass is 196 g/mol. The highest BCUT2D eigenvalue weighted by atomic mass is 19.1. The molecule has 0 aliphatic carbocycles. The van der Waals surface area contributed by atoms with Crippen LogP contribution in [0.4, 0.5) is 9.18 Å². The summed E-state index contributed by atoms with van der Waals surface area (Å²) in [5.74, 6) is -0.299. The summed E-state index contributed by atoms with van der Waals surface area (Å²) in [6.07, 6.45) is 0. The van der Waals surface area contributed by atoms with Gasteiger partial charge in [-0.15, -0.1) is 0 Å². The molecule has 1 rings (SSSR count). The molecule has 0 atom stereocenters. The minimum Gasteiger partial charge on any atom is -0.341 e. The van der Waals surface area contributed by atoms with Gasteiger partial charge in [-0.3, -0.25) is 0 Å². The maximum absolute atomic E-state index is 13.2. The maximum atomic E-state index is 13.2. The van der Waals surface area contributed by atoms with E-state index in [0.29, 0.717) is 5.56 Å². The van der Waals surface area contributed by atoms with Crippen LogP contribution in [0, 0.1) is 12.7 Å². The number of aryl methyl sites for hydroxylation is 1. The highest BCUT2D eigenvalue weighted by Crippen LogP contribution is 2.09. The first kappa shape index (κ1) is 10.5. The fourth-order valence-electron chi connectivity index (χ4n) is 1.10. The standard InChI is InChI=1S/C10H13FN2O/c1-7-3-4-9(11)8(5-7)6-13-10(14)12-2/h3-5H,6H2,1-2H3,(H2,12,13,14). The van der Waals surface area contributed by atoms with Crippen molar-refractivity contribution < 1.29 is 9.18 Å². The number of nitrogens with one attached hydrogen (secondary N) is 2. The smallest absolute Gasteiger partial charge is 0.314 e. The predicted molar refractivity (Wildman–Crippen MR) is 52.4 cm³/mol. The van der Waals surface area contributed by atoms with Gasteiger partial charge in [0, 0.05) is 19.2 Å². The van der Waals surface area contributed by atoms with Crippen LogP contribution in [-0.4, -0.2) is 13.1 Å². The number of hydrogen-bond acceptors (Lipinski definition) is 1. The summed E-state index contributed by atoms with van der Waals surface area (Å²) in [7, 11) is 1.52. The second kappa shape index (κ2) is 4.60. The van der Waals surface area contributed by atoms with E-state index in [4.69, 9.17) is 0 Å². The van der Waals surface area contributed by atoms with E-state index >= 15 is 0 Å². The van der Waals surface area contributed by atoms with Gasteiger partial charge in [-0.1, -0.05) is 17.7 Å². The third-order valence-electron chi connectivity index (χ3n) is 1.87. The number of rotatable bonds is 2. The molecule has 0 saturated carbocycles. The normalized spacial score (nSPS) is 9.64. The van der Waals surface area contributed by atoms with E-state index in [9.17, 15) is 9.18 Å². The fourth-order valence-corrected chi connectivity index (χ4v) is 1.10. The molecule has 0 radical (unpaired) electrons. The Hall–Kier alpha value is -1.58. The van der Waals surface area contributed by atoms with Crippen LogP contribution in [0.2, 0.25) is 0 Å². The molecule has 0 heterocycles. The summed E-state index contributed by atoms with van der Waals surface area (Å²) in [6, 6.07) is 4.49. The molecule has 14 heavy (non-hydrogen) atoms. The van der Waals surface area contributed by atoms with Crippen molar-refractivity contribution in [3.05, 3.63) is 35.1 Å². The van der Waals surface area contributed by atoms with Crippen molar-refractivity contribution in [2.45, 2.75) is 13.5 Å². The van der Waals surface area contributed by atoms with Crippen molar-refractivity contribution in [1.29, 1.82) is 0 Å². The van der Waals surface area contributed by atoms with E-state index in [1.165, 1.54) is 13.1 Å². The average Bonchev–Trinajstić information content (AvgIpc) is 2.19. The number of amides is 2. The lowest BCUT2D eigenvalue weighted by molar-refractivity contribution is 0.242. The highest BCUT2D eigenvalue weighted by Gasteiger charge is 2.03. The van der Waals surface area contributed by atoms with Crippen molar-refractivity contribution in [2.24, 2.45) is 0 Å². The number of carbonyl (C=O) groups is 1. The van der Waals surface area contributed by atoms with Crippen molar-refractivity contribution in [2.75, 3.05) is 7.05 Å². The van der Waals surface area contributed by atoms with Crippen molar-refractivity contribution in [3.8, 4) is 0 Å². The van der Waals surface area contributed by atoms with Crippen LogP contribution in [0.25, 0.3) is 0 Å². The molecular formula is C10H13FN2O. The van der Waals surface area contributed by atoms with Crippen molar-refractivity contribution in [3.63, 3.8) is 0 Å². The van der Waals surface area contributed by atoms with Gasteiger partial charge in [0.05, 0.1) is 0 Å². The summed E-state index contributed by atoms with van der Waals surface area (Å²) in [4.78, 5) is 10.8. The maximum Gasteiger partial charge on any atom is 0.314 e. The van der Waals surface area contributed by atoms with Gasteiger partial charge in [0.15, 0.2) is 0 Å². The van der Waals surface area contributed by atoms with Gasteiger partial charge < -0.3 is 10.6 Å². The van der Waals surface area contributed by atoms with Gasteiger partial charge in [-0.25, -0.2) is 9.18 Å². The molecule has 0 aliphatic heterocycles. The number of halogens is 1. The largest absolute Gasteiger partial charge is 0.341 e. The van der Waals surface area contributed by atoms with Crippen LogP contribution in [0.3, 0.4) is 0 Å². The lowest BCUT2D eigenvalue weighted by atomic mass is 10.1. The fraction of sp³-hybridized carbons (Fsp3) is 0.300. The second-order valence-corrected chi connectivity index (χ2v) is 3.03. The molecular weight excluding hydrogens is 183 g/mol. The van der Waals surface area contributed by atoms with Crippen LogP contribution < -0.4 is 10.6 Å². The molecule has 2 N–H and O–H groups in total. The van der Waals surface area contributed by atoms with E-state index in [2.05, 4.69) is 10.6 Å². The zero-order valence-electron chi connectivity index (χ0n) is 8.23. The number of benzene rings is 1.